The van der Waals surface area contributed by atoms with Crippen molar-refractivity contribution in [2.75, 3.05) is 6.54 Å². The fourth-order valence-corrected chi connectivity index (χ4v) is 4.35. The summed E-state index contributed by atoms with van der Waals surface area (Å²) in [4.78, 5) is 26.0. The van der Waals surface area contributed by atoms with Gasteiger partial charge in [-0.15, -0.1) is 0 Å². The normalized spacial score (nSPS) is 22.1. The molecule has 5 rings (SSSR count). The van der Waals surface area contributed by atoms with Crippen molar-refractivity contribution < 1.29 is 14.3 Å². The molecule has 1 saturated heterocycles. The number of epoxide rings is 1. The summed E-state index contributed by atoms with van der Waals surface area (Å²) in [5.74, 6) is -0.619. The van der Waals surface area contributed by atoms with Crippen LogP contribution in [0.4, 0.5) is 0 Å². The van der Waals surface area contributed by atoms with Crippen LogP contribution in [0.1, 0.15) is 16.7 Å². The number of imide groups is 1. The third-order valence-electron chi connectivity index (χ3n) is 5.74. The highest BCUT2D eigenvalue weighted by molar-refractivity contribution is 6.13. The fourth-order valence-electron chi connectivity index (χ4n) is 4.35. The van der Waals surface area contributed by atoms with Gasteiger partial charge in [0.05, 0.1) is 6.54 Å². The lowest BCUT2D eigenvalue weighted by atomic mass is 9.77. The van der Waals surface area contributed by atoms with Crippen molar-refractivity contribution in [3.63, 3.8) is 0 Å². The highest BCUT2D eigenvalue weighted by atomic mass is 16.6. The van der Waals surface area contributed by atoms with E-state index < -0.39 is 11.2 Å². The molecule has 2 amide bonds. The van der Waals surface area contributed by atoms with Gasteiger partial charge in [-0.3, -0.25) is 14.5 Å². The first-order valence-electron chi connectivity index (χ1n) is 9.58. The lowest BCUT2D eigenvalue weighted by molar-refractivity contribution is -0.137. The molecular formula is C25H19NO3. The largest absolute Gasteiger partial charge is 0.345 e. The van der Waals surface area contributed by atoms with Gasteiger partial charge in [0.25, 0.3) is 11.8 Å². The molecule has 1 fully saturated rings. The van der Waals surface area contributed by atoms with Crippen molar-refractivity contribution in [1.29, 1.82) is 0 Å². The van der Waals surface area contributed by atoms with Crippen molar-refractivity contribution in [3.8, 4) is 0 Å². The van der Waals surface area contributed by atoms with Gasteiger partial charge in [0, 0.05) is 12.2 Å². The molecule has 0 saturated carbocycles. The predicted molar refractivity (Wildman–Crippen MR) is 109 cm³/mol. The first kappa shape index (κ1) is 17.6. The third-order valence-corrected chi connectivity index (χ3v) is 5.74. The number of rotatable bonds is 5. The summed E-state index contributed by atoms with van der Waals surface area (Å²) in [5.41, 5.74) is 1.25. The molecule has 0 N–H and O–H groups in total. The Hall–Kier alpha value is -3.50. The molecule has 2 heterocycles. The van der Waals surface area contributed by atoms with E-state index in [2.05, 4.69) is 0 Å². The second kappa shape index (κ2) is 6.54. The van der Waals surface area contributed by atoms with Crippen LogP contribution in [0.25, 0.3) is 0 Å². The van der Waals surface area contributed by atoms with E-state index in [0.29, 0.717) is 0 Å². The number of amides is 2. The van der Waals surface area contributed by atoms with Crippen LogP contribution in [-0.2, 0) is 25.5 Å². The summed E-state index contributed by atoms with van der Waals surface area (Å²) in [6.07, 6.45) is 2.63. The van der Waals surface area contributed by atoms with E-state index in [9.17, 15) is 9.59 Å². The fraction of sp³-hybridized carbons (Fsp3) is 0.120. The maximum atomic E-state index is 12.4. The summed E-state index contributed by atoms with van der Waals surface area (Å²) in [7, 11) is 0. The van der Waals surface area contributed by atoms with Gasteiger partial charge in [0.1, 0.15) is 0 Å². The Morgan fingerprint density at radius 3 is 1.48 bits per heavy atom. The minimum atomic E-state index is -0.867. The molecule has 4 heteroatoms. The zero-order chi connectivity index (χ0) is 19.9. The van der Waals surface area contributed by atoms with E-state index in [1.54, 1.807) is 0 Å². The van der Waals surface area contributed by atoms with Crippen molar-refractivity contribution in [2.45, 2.75) is 11.2 Å². The summed E-state index contributed by atoms with van der Waals surface area (Å²) >= 11 is 0. The molecule has 2 aliphatic heterocycles. The van der Waals surface area contributed by atoms with E-state index in [4.69, 9.17) is 4.74 Å². The predicted octanol–water partition coefficient (Wildman–Crippen LogP) is 3.78. The first-order chi connectivity index (χ1) is 14.2. The van der Waals surface area contributed by atoms with Crippen molar-refractivity contribution >= 4 is 11.8 Å². The Kier molecular flexibility index (Phi) is 3.96. The minimum Gasteiger partial charge on any atom is -0.345 e. The Morgan fingerprint density at radius 2 is 1.03 bits per heavy atom. The lowest BCUT2D eigenvalue weighted by Gasteiger charge is -2.25. The second-order valence-corrected chi connectivity index (χ2v) is 7.30. The average molecular weight is 381 g/mol. The zero-order valence-corrected chi connectivity index (χ0v) is 15.7. The molecule has 1 atom stereocenters. The molecule has 29 heavy (non-hydrogen) atoms. The van der Waals surface area contributed by atoms with Crippen LogP contribution in [0.5, 0.6) is 0 Å². The summed E-state index contributed by atoms with van der Waals surface area (Å²) in [6, 6.07) is 29.8. The average Bonchev–Trinajstić information content (AvgIpc) is 3.38. The first-order valence-corrected chi connectivity index (χ1v) is 9.58. The van der Waals surface area contributed by atoms with Gasteiger partial charge >= 0.3 is 0 Å². The molecule has 2 aliphatic rings. The Morgan fingerprint density at radius 1 is 0.621 bits per heavy atom. The van der Waals surface area contributed by atoms with Crippen LogP contribution in [0, 0.1) is 0 Å². The van der Waals surface area contributed by atoms with Crippen molar-refractivity contribution in [3.05, 3.63) is 120 Å². The molecular weight excluding hydrogens is 362 g/mol. The highest BCUT2D eigenvalue weighted by Gasteiger charge is 2.73. The Bertz CT molecular complexity index is 1040. The van der Waals surface area contributed by atoms with E-state index in [-0.39, 0.29) is 18.4 Å². The van der Waals surface area contributed by atoms with Crippen LogP contribution >= 0.6 is 0 Å². The van der Waals surface area contributed by atoms with Gasteiger partial charge in [0.15, 0.2) is 11.2 Å². The number of nitrogens with zero attached hydrogens (tertiary/aromatic N) is 1. The SMILES string of the molecule is O=C1C=CC(=O)N1CC1(c2ccccc2)OC1(c1ccccc1)c1ccccc1. The standard InChI is InChI=1S/C25H19NO3/c27-22-16-17-23(28)26(22)18-24(19-10-4-1-5-11-19)25(29-24,20-12-6-2-7-13-20)21-14-8-3-9-15-21/h1-17H,18H2. The molecule has 0 bridgehead atoms. The smallest absolute Gasteiger partial charge is 0.253 e. The highest BCUT2D eigenvalue weighted by Crippen LogP contribution is 2.66. The van der Waals surface area contributed by atoms with Gasteiger partial charge in [-0.1, -0.05) is 91.0 Å². The molecule has 3 aromatic carbocycles. The van der Waals surface area contributed by atoms with E-state index in [1.807, 2.05) is 91.0 Å². The second-order valence-electron chi connectivity index (χ2n) is 7.30. The number of carbonyl (C=O) groups is 2. The van der Waals surface area contributed by atoms with Crippen LogP contribution < -0.4 is 0 Å². The van der Waals surface area contributed by atoms with Gasteiger partial charge in [-0.2, -0.15) is 0 Å². The van der Waals surface area contributed by atoms with Crippen molar-refractivity contribution in [2.24, 2.45) is 0 Å². The molecule has 0 aromatic heterocycles. The quantitative estimate of drug-likeness (QED) is 0.499. The van der Waals surface area contributed by atoms with E-state index in [0.717, 1.165) is 16.7 Å². The summed E-state index contributed by atoms with van der Waals surface area (Å²) in [6.45, 7) is 0.144. The van der Waals surface area contributed by atoms with Crippen LogP contribution in [0.3, 0.4) is 0 Å². The summed E-state index contributed by atoms with van der Waals surface area (Å²) in [5, 5.41) is 0. The van der Waals surface area contributed by atoms with Gasteiger partial charge in [-0.25, -0.2) is 0 Å². The van der Waals surface area contributed by atoms with Crippen molar-refractivity contribution in [1.82, 2.24) is 4.90 Å². The van der Waals surface area contributed by atoms with Crippen LogP contribution in [0.15, 0.2) is 103 Å². The third kappa shape index (κ3) is 2.57. The van der Waals surface area contributed by atoms with E-state index >= 15 is 0 Å². The Labute approximate surface area is 169 Å². The van der Waals surface area contributed by atoms with Gasteiger partial charge in [-0.05, 0) is 16.7 Å². The molecule has 0 aliphatic carbocycles. The number of carbonyl (C=O) groups excluding carboxylic acids is 2. The maximum absolute atomic E-state index is 12.4. The van der Waals surface area contributed by atoms with Gasteiger partial charge < -0.3 is 4.74 Å². The molecule has 4 nitrogen and oxygen atoms in total. The number of hydrogen-bond donors (Lipinski definition) is 0. The molecule has 3 aromatic rings. The molecule has 0 spiro atoms. The molecule has 1 unspecified atom stereocenters. The molecule has 0 radical (unpaired) electrons. The zero-order valence-electron chi connectivity index (χ0n) is 15.7. The van der Waals surface area contributed by atoms with Gasteiger partial charge in [0.2, 0.25) is 0 Å². The summed E-state index contributed by atoms with van der Waals surface area (Å²) < 4.78 is 6.64. The van der Waals surface area contributed by atoms with Crippen LogP contribution in [0.2, 0.25) is 0 Å². The Balaban J connectivity index is 1.71. The monoisotopic (exact) mass is 381 g/mol. The maximum Gasteiger partial charge on any atom is 0.253 e. The number of ether oxygens (including phenoxy) is 1. The van der Waals surface area contributed by atoms with Crippen LogP contribution in [-0.4, -0.2) is 23.3 Å². The number of benzene rings is 3. The minimum absolute atomic E-state index is 0.144. The van der Waals surface area contributed by atoms with E-state index in [1.165, 1.54) is 17.1 Å². The lowest BCUT2D eigenvalue weighted by Crippen LogP contribution is -2.41. The molecule has 142 valence electrons. The topological polar surface area (TPSA) is 49.9 Å². The number of hydrogen-bond acceptors (Lipinski definition) is 3.